The van der Waals surface area contributed by atoms with Crippen LogP contribution in [0.2, 0.25) is 0 Å². The number of ether oxygens (including phenoxy) is 1. The van der Waals surface area contributed by atoms with Crippen molar-refractivity contribution in [1.82, 2.24) is 15.5 Å². The Kier molecular flexibility index (Phi) is 8.34. The van der Waals surface area contributed by atoms with Gasteiger partial charge in [0, 0.05) is 43.8 Å². The van der Waals surface area contributed by atoms with Gasteiger partial charge in [-0.2, -0.15) is 0 Å². The fourth-order valence-electron chi connectivity index (χ4n) is 3.75. The fourth-order valence-corrected chi connectivity index (χ4v) is 3.75. The second-order valence-electron chi connectivity index (χ2n) is 7.20. The third kappa shape index (κ3) is 5.57. The van der Waals surface area contributed by atoms with Crippen molar-refractivity contribution in [1.29, 1.82) is 0 Å². The lowest BCUT2D eigenvalue weighted by molar-refractivity contribution is 0.0955. The van der Waals surface area contributed by atoms with Crippen LogP contribution in [0.15, 0.2) is 29.3 Å². The summed E-state index contributed by atoms with van der Waals surface area (Å²) in [5, 5.41) is 6.25. The molecule has 6 nitrogen and oxygen atoms in total. The molecule has 1 aromatic carbocycles. The van der Waals surface area contributed by atoms with Crippen molar-refractivity contribution in [3.8, 4) is 0 Å². The van der Waals surface area contributed by atoms with Crippen molar-refractivity contribution in [2.45, 2.75) is 33.2 Å². The number of rotatable bonds is 5. The Bertz CT molecular complexity index is 659. The molecule has 1 aromatic rings. The molecule has 0 saturated carbocycles. The fraction of sp³-hybridized carbons (Fsp3) is 0.600. The number of amides is 1. The van der Waals surface area contributed by atoms with Gasteiger partial charge in [-0.25, -0.2) is 4.99 Å². The van der Waals surface area contributed by atoms with E-state index in [0.717, 1.165) is 50.8 Å². The lowest BCUT2D eigenvalue weighted by Crippen LogP contribution is -2.41. The lowest BCUT2D eigenvalue weighted by Gasteiger charge is -2.25. The quantitative estimate of drug-likeness (QED) is 0.382. The Morgan fingerprint density at radius 1 is 1.26 bits per heavy atom. The minimum atomic E-state index is -0.0343. The monoisotopic (exact) mass is 486 g/mol. The van der Waals surface area contributed by atoms with Crippen LogP contribution < -0.4 is 10.6 Å². The Morgan fingerprint density at radius 2 is 2.07 bits per heavy atom. The molecule has 0 aromatic heterocycles. The van der Waals surface area contributed by atoms with Crippen LogP contribution in [0.3, 0.4) is 0 Å². The van der Waals surface area contributed by atoms with Crippen LogP contribution in [-0.2, 0) is 11.3 Å². The van der Waals surface area contributed by atoms with Crippen LogP contribution in [0.25, 0.3) is 0 Å². The third-order valence-corrected chi connectivity index (χ3v) is 5.20. The summed E-state index contributed by atoms with van der Waals surface area (Å²) >= 11 is 0. The van der Waals surface area contributed by atoms with Gasteiger partial charge in [0.25, 0.3) is 5.91 Å². The van der Waals surface area contributed by atoms with Crippen LogP contribution in [0, 0.1) is 5.41 Å². The number of likely N-dealkylation sites (tertiary alicyclic amines) is 1. The maximum absolute atomic E-state index is 12.0. The average Bonchev–Trinajstić information content (AvgIpc) is 3.29. The lowest BCUT2D eigenvalue weighted by atomic mass is 9.87. The summed E-state index contributed by atoms with van der Waals surface area (Å²) in [7, 11) is 0. The zero-order valence-corrected chi connectivity index (χ0v) is 18.6. The first-order chi connectivity index (χ1) is 12.7. The molecule has 1 unspecified atom stereocenters. The third-order valence-electron chi connectivity index (χ3n) is 5.20. The second-order valence-corrected chi connectivity index (χ2v) is 7.20. The molecule has 2 heterocycles. The minimum Gasteiger partial charge on any atom is -0.381 e. The van der Waals surface area contributed by atoms with E-state index in [1.165, 1.54) is 6.42 Å². The molecular formula is C20H31IN4O2. The van der Waals surface area contributed by atoms with Crippen molar-refractivity contribution in [2.75, 3.05) is 39.4 Å². The van der Waals surface area contributed by atoms with E-state index >= 15 is 0 Å². The SMILES string of the molecule is CCNC(=O)c1cccc(CN=C(NCC)N2CCC3(CCOC3)C2)c1.I. The van der Waals surface area contributed by atoms with Crippen molar-refractivity contribution < 1.29 is 9.53 Å². The van der Waals surface area contributed by atoms with E-state index in [9.17, 15) is 4.79 Å². The van der Waals surface area contributed by atoms with E-state index in [2.05, 4.69) is 22.5 Å². The van der Waals surface area contributed by atoms with E-state index in [4.69, 9.17) is 9.73 Å². The van der Waals surface area contributed by atoms with Gasteiger partial charge in [0.05, 0.1) is 13.2 Å². The van der Waals surface area contributed by atoms with Gasteiger partial charge in [-0.15, -0.1) is 24.0 Å². The summed E-state index contributed by atoms with van der Waals surface area (Å²) in [5.74, 6) is 0.924. The van der Waals surface area contributed by atoms with Gasteiger partial charge in [-0.05, 0) is 44.4 Å². The number of hydrogen-bond acceptors (Lipinski definition) is 3. The molecule has 1 spiro atoms. The summed E-state index contributed by atoms with van der Waals surface area (Å²) < 4.78 is 5.63. The van der Waals surface area contributed by atoms with Crippen molar-refractivity contribution in [2.24, 2.45) is 10.4 Å². The van der Waals surface area contributed by atoms with Gasteiger partial charge in [0.15, 0.2) is 5.96 Å². The van der Waals surface area contributed by atoms with Gasteiger partial charge in [0.2, 0.25) is 0 Å². The van der Waals surface area contributed by atoms with Gasteiger partial charge >= 0.3 is 0 Å². The van der Waals surface area contributed by atoms with Crippen molar-refractivity contribution in [3.63, 3.8) is 0 Å². The standard InChI is InChI=1S/C20H30N4O2.HI/c1-3-21-18(25)17-7-5-6-16(12-17)13-23-19(22-4-2)24-10-8-20(14-24)9-11-26-15-20;/h5-7,12H,3-4,8-11,13-15H2,1-2H3,(H,21,25)(H,22,23);1H. The maximum atomic E-state index is 12.0. The minimum absolute atomic E-state index is 0. The Balaban J connectivity index is 0.00000261. The molecule has 0 bridgehead atoms. The van der Waals surface area contributed by atoms with E-state index < -0.39 is 0 Å². The number of halogens is 1. The van der Waals surface area contributed by atoms with Crippen LogP contribution in [0.4, 0.5) is 0 Å². The van der Waals surface area contributed by atoms with Gasteiger partial charge in [-0.1, -0.05) is 12.1 Å². The van der Waals surface area contributed by atoms with E-state index in [1.807, 2.05) is 31.2 Å². The molecule has 27 heavy (non-hydrogen) atoms. The first-order valence-corrected chi connectivity index (χ1v) is 9.64. The van der Waals surface area contributed by atoms with Gasteiger partial charge in [-0.3, -0.25) is 4.79 Å². The largest absolute Gasteiger partial charge is 0.381 e. The highest BCUT2D eigenvalue weighted by molar-refractivity contribution is 14.0. The number of nitrogens with zero attached hydrogens (tertiary/aromatic N) is 2. The summed E-state index contributed by atoms with van der Waals surface area (Å²) in [6.07, 6.45) is 2.32. The normalized spacial score (nSPS) is 22.0. The van der Waals surface area contributed by atoms with Crippen molar-refractivity contribution >= 4 is 35.8 Å². The molecule has 2 aliphatic heterocycles. The summed E-state index contributed by atoms with van der Waals surface area (Å²) in [6.45, 7) is 9.85. The first kappa shape index (κ1) is 21.9. The topological polar surface area (TPSA) is 66.0 Å². The number of hydrogen-bond donors (Lipinski definition) is 2. The summed E-state index contributed by atoms with van der Waals surface area (Å²) in [6, 6.07) is 7.71. The van der Waals surface area contributed by atoms with Crippen molar-refractivity contribution in [3.05, 3.63) is 35.4 Å². The zero-order valence-electron chi connectivity index (χ0n) is 16.3. The molecular weight excluding hydrogens is 455 g/mol. The molecule has 2 saturated heterocycles. The summed E-state index contributed by atoms with van der Waals surface area (Å²) in [5.41, 5.74) is 2.05. The van der Waals surface area contributed by atoms with Crippen LogP contribution in [-0.4, -0.2) is 56.2 Å². The number of carbonyl (C=O) groups excluding carboxylic acids is 1. The highest BCUT2D eigenvalue weighted by Gasteiger charge is 2.42. The molecule has 0 radical (unpaired) electrons. The van der Waals surface area contributed by atoms with E-state index in [1.54, 1.807) is 0 Å². The molecule has 150 valence electrons. The number of guanidine groups is 1. The molecule has 2 N–H and O–H groups in total. The molecule has 3 rings (SSSR count). The molecule has 1 atom stereocenters. The van der Waals surface area contributed by atoms with Crippen LogP contribution in [0.5, 0.6) is 0 Å². The smallest absolute Gasteiger partial charge is 0.251 e. The number of carbonyl (C=O) groups is 1. The van der Waals surface area contributed by atoms with E-state index in [0.29, 0.717) is 24.1 Å². The molecule has 1 amide bonds. The molecule has 2 aliphatic rings. The number of nitrogens with one attached hydrogen (secondary N) is 2. The van der Waals surface area contributed by atoms with Crippen LogP contribution >= 0.6 is 24.0 Å². The number of benzene rings is 1. The Morgan fingerprint density at radius 3 is 2.78 bits per heavy atom. The van der Waals surface area contributed by atoms with Gasteiger partial charge < -0.3 is 20.3 Å². The Labute approximate surface area is 179 Å². The predicted octanol–water partition coefficient (Wildman–Crippen LogP) is 2.63. The predicted molar refractivity (Wildman–Crippen MR) is 119 cm³/mol. The average molecular weight is 486 g/mol. The van der Waals surface area contributed by atoms with Gasteiger partial charge in [0.1, 0.15) is 0 Å². The Hall–Kier alpha value is -1.35. The first-order valence-electron chi connectivity index (χ1n) is 9.64. The molecule has 2 fully saturated rings. The maximum Gasteiger partial charge on any atom is 0.251 e. The highest BCUT2D eigenvalue weighted by atomic mass is 127. The number of aliphatic imine (C=N–C) groups is 1. The van der Waals surface area contributed by atoms with Crippen LogP contribution in [0.1, 0.15) is 42.6 Å². The molecule has 0 aliphatic carbocycles. The zero-order chi connectivity index (χ0) is 18.4. The van der Waals surface area contributed by atoms with E-state index in [-0.39, 0.29) is 29.9 Å². The second kappa shape index (κ2) is 10.3. The summed E-state index contributed by atoms with van der Waals surface area (Å²) in [4.78, 5) is 19.2. The molecule has 7 heteroatoms. The highest BCUT2D eigenvalue weighted by Crippen LogP contribution is 2.38.